The zero-order valence-corrected chi connectivity index (χ0v) is 16.7. The number of hydrogen-bond donors (Lipinski definition) is 2. The largest absolute Gasteiger partial charge is 0.459 e. The number of carbonyl (C=O) groups is 2. The molecule has 0 saturated heterocycles. The third kappa shape index (κ3) is 5.70. The number of rotatable bonds is 8. The average Bonchev–Trinajstić information content (AvgIpc) is 3.27. The summed E-state index contributed by atoms with van der Waals surface area (Å²) in [6, 6.07) is 15.4. The fourth-order valence-electron chi connectivity index (χ4n) is 2.77. The van der Waals surface area contributed by atoms with E-state index in [9.17, 15) is 14.0 Å². The van der Waals surface area contributed by atoms with Crippen molar-refractivity contribution in [2.45, 2.75) is 26.4 Å². The minimum Gasteiger partial charge on any atom is -0.459 e. The Bertz CT molecular complexity index is 967. The van der Waals surface area contributed by atoms with Gasteiger partial charge in [0.1, 0.15) is 23.4 Å². The summed E-state index contributed by atoms with van der Waals surface area (Å²) in [5.41, 5.74) is 0.870. The molecule has 0 radical (unpaired) electrons. The fraction of sp³-hybridized carbons (Fsp3) is 0.217. The van der Waals surface area contributed by atoms with Crippen molar-refractivity contribution in [2.24, 2.45) is 5.92 Å². The van der Waals surface area contributed by atoms with Crippen molar-refractivity contribution in [3.63, 3.8) is 0 Å². The molecule has 0 spiro atoms. The monoisotopic (exact) mass is 410 g/mol. The third-order valence-corrected chi connectivity index (χ3v) is 4.42. The van der Waals surface area contributed by atoms with Gasteiger partial charge in [0.2, 0.25) is 5.91 Å². The average molecular weight is 410 g/mol. The van der Waals surface area contributed by atoms with Gasteiger partial charge < -0.3 is 19.8 Å². The maximum atomic E-state index is 13.0. The quantitative estimate of drug-likeness (QED) is 0.581. The van der Waals surface area contributed by atoms with Crippen LogP contribution in [0.15, 0.2) is 71.3 Å². The van der Waals surface area contributed by atoms with E-state index in [2.05, 4.69) is 10.6 Å². The van der Waals surface area contributed by atoms with Gasteiger partial charge in [-0.1, -0.05) is 26.0 Å². The molecule has 0 aliphatic rings. The molecule has 0 aliphatic carbocycles. The first-order valence-electron chi connectivity index (χ1n) is 9.57. The Morgan fingerprint density at radius 3 is 2.20 bits per heavy atom. The Morgan fingerprint density at radius 2 is 1.63 bits per heavy atom. The first kappa shape index (κ1) is 21.1. The normalized spacial score (nSPS) is 11.7. The predicted molar refractivity (Wildman–Crippen MR) is 110 cm³/mol. The van der Waals surface area contributed by atoms with Crippen LogP contribution in [0.3, 0.4) is 0 Å². The number of halogens is 1. The Morgan fingerprint density at radius 1 is 1.00 bits per heavy atom. The van der Waals surface area contributed by atoms with Gasteiger partial charge in [-0.05, 0) is 60.0 Å². The van der Waals surface area contributed by atoms with E-state index in [1.165, 1.54) is 18.4 Å². The van der Waals surface area contributed by atoms with E-state index < -0.39 is 11.9 Å². The van der Waals surface area contributed by atoms with Crippen LogP contribution in [-0.2, 0) is 11.3 Å². The summed E-state index contributed by atoms with van der Waals surface area (Å²) in [7, 11) is 0. The molecule has 156 valence electrons. The van der Waals surface area contributed by atoms with Crippen LogP contribution in [0.1, 0.15) is 30.0 Å². The lowest BCUT2D eigenvalue weighted by atomic mass is 10.0. The number of furan rings is 1. The summed E-state index contributed by atoms with van der Waals surface area (Å²) in [6.45, 7) is 4.01. The number of amides is 2. The SMILES string of the molecule is CC(C)[C@H](NC(=O)c1ccco1)C(=O)NCc1ccc(Oc2ccc(F)cc2)cc1. The smallest absolute Gasteiger partial charge is 0.287 e. The van der Waals surface area contributed by atoms with Gasteiger partial charge in [-0.25, -0.2) is 4.39 Å². The lowest BCUT2D eigenvalue weighted by Gasteiger charge is -2.21. The Kier molecular flexibility index (Phi) is 6.85. The molecule has 30 heavy (non-hydrogen) atoms. The second-order valence-corrected chi connectivity index (χ2v) is 7.09. The molecule has 1 atom stereocenters. The first-order valence-corrected chi connectivity index (χ1v) is 9.57. The van der Waals surface area contributed by atoms with E-state index in [-0.39, 0.29) is 23.4 Å². The van der Waals surface area contributed by atoms with E-state index in [0.29, 0.717) is 18.0 Å². The van der Waals surface area contributed by atoms with Crippen molar-refractivity contribution in [2.75, 3.05) is 0 Å². The predicted octanol–water partition coefficient (Wildman–Crippen LogP) is 4.28. The molecule has 7 heteroatoms. The van der Waals surface area contributed by atoms with Crippen LogP contribution in [0.2, 0.25) is 0 Å². The van der Waals surface area contributed by atoms with Gasteiger partial charge in [-0.3, -0.25) is 9.59 Å². The topological polar surface area (TPSA) is 80.6 Å². The second-order valence-electron chi connectivity index (χ2n) is 7.09. The van der Waals surface area contributed by atoms with Gasteiger partial charge in [0, 0.05) is 6.54 Å². The van der Waals surface area contributed by atoms with Crippen LogP contribution in [0.4, 0.5) is 4.39 Å². The number of carbonyl (C=O) groups excluding carboxylic acids is 2. The molecule has 3 rings (SSSR count). The number of benzene rings is 2. The standard InChI is InChI=1S/C23H23FN2O4/c1-15(2)21(26-22(27)20-4-3-13-29-20)23(28)25-14-16-5-9-18(10-6-16)30-19-11-7-17(24)8-12-19/h3-13,15,21H,14H2,1-2H3,(H,25,28)(H,26,27)/t21-/m0/s1. The summed E-state index contributed by atoms with van der Waals surface area (Å²) in [4.78, 5) is 24.8. The molecule has 1 heterocycles. The van der Waals surface area contributed by atoms with Crippen LogP contribution in [-0.4, -0.2) is 17.9 Å². The van der Waals surface area contributed by atoms with E-state index in [1.54, 1.807) is 36.4 Å². The summed E-state index contributed by atoms with van der Waals surface area (Å²) in [6.07, 6.45) is 1.41. The van der Waals surface area contributed by atoms with Gasteiger partial charge in [0.15, 0.2) is 5.76 Å². The second kappa shape index (κ2) is 9.73. The van der Waals surface area contributed by atoms with Crippen molar-refractivity contribution in [3.8, 4) is 11.5 Å². The summed E-state index contributed by atoms with van der Waals surface area (Å²) in [5.74, 6) is 0.147. The number of hydrogen-bond acceptors (Lipinski definition) is 4. The van der Waals surface area contributed by atoms with E-state index in [0.717, 1.165) is 5.56 Å². The van der Waals surface area contributed by atoms with Crippen LogP contribution in [0.5, 0.6) is 11.5 Å². The van der Waals surface area contributed by atoms with Crippen molar-refractivity contribution in [3.05, 3.63) is 84.1 Å². The van der Waals surface area contributed by atoms with E-state index in [4.69, 9.17) is 9.15 Å². The number of ether oxygens (including phenoxy) is 1. The Labute approximate surface area is 174 Å². The summed E-state index contributed by atoms with van der Waals surface area (Å²) in [5, 5.41) is 5.54. The number of nitrogens with one attached hydrogen (secondary N) is 2. The molecule has 0 unspecified atom stereocenters. The zero-order valence-electron chi connectivity index (χ0n) is 16.7. The highest BCUT2D eigenvalue weighted by Gasteiger charge is 2.25. The highest BCUT2D eigenvalue weighted by atomic mass is 19.1. The molecule has 0 saturated carbocycles. The highest BCUT2D eigenvalue weighted by Crippen LogP contribution is 2.21. The first-order chi connectivity index (χ1) is 14.4. The third-order valence-electron chi connectivity index (χ3n) is 4.42. The maximum absolute atomic E-state index is 13.0. The minimum atomic E-state index is -0.691. The van der Waals surface area contributed by atoms with Crippen LogP contribution in [0.25, 0.3) is 0 Å². The fourth-order valence-corrected chi connectivity index (χ4v) is 2.77. The molecular weight excluding hydrogens is 387 g/mol. The molecule has 3 aromatic rings. The van der Waals surface area contributed by atoms with Gasteiger partial charge in [-0.2, -0.15) is 0 Å². The van der Waals surface area contributed by atoms with Crippen molar-refractivity contribution < 1.29 is 23.1 Å². The lowest BCUT2D eigenvalue weighted by molar-refractivity contribution is -0.124. The molecular formula is C23H23FN2O4. The summed E-state index contributed by atoms with van der Waals surface area (Å²) < 4.78 is 23.7. The molecule has 1 aromatic heterocycles. The Balaban J connectivity index is 1.54. The minimum absolute atomic E-state index is 0.101. The van der Waals surface area contributed by atoms with E-state index in [1.807, 2.05) is 26.0 Å². The molecule has 0 aliphatic heterocycles. The highest BCUT2D eigenvalue weighted by molar-refractivity contribution is 5.95. The van der Waals surface area contributed by atoms with Crippen LogP contribution in [0, 0.1) is 11.7 Å². The molecule has 0 fully saturated rings. The molecule has 2 amide bonds. The summed E-state index contributed by atoms with van der Waals surface area (Å²) >= 11 is 0. The van der Waals surface area contributed by atoms with Crippen LogP contribution < -0.4 is 15.4 Å². The lowest BCUT2D eigenvalue weighted by Crippen LogP contribution is -2.49. The molecule has 2 aromatic carbocycles. The van der Waals surface area contributed by atoms with Gasteiger partial charge in [0.05, 0.1) is 6.26 Å². The van der Waals surface area contributed by atoms with Crippen molar-refractivity contribution in [1.82, 2.24) is 10.6 Å². The Hall–Kier alpha value is -3.61. The van der Waals surface area contributed by atoms with Gasteiger partial charge in [0.25, 0.3) is 5.91 Å². The van der Waals surface area contributed by atoms with Crippen molar-refractivity contribution >= 4 is 11.8 Å². The zero-order chi connectivity index (χ0) is 21.5. The van der Waals surface area contributed by atoms with Crippen molar-refractivity contribution in [1.29, 1.82) is 0 Å². The van der Waals surface area contributed by atoms with Gasteiger partial charge in [-0.15, -0.1) is 0 Å². The molecule has 6 nitrogen and oxygen atoms in total. The molecule has 0 bridgehead atoms. The maximum Gasteiger partial charge on any atom is 0.287 e. The van der Waals surface area contributed by atoms with E-state index >= 15 is 0 Å². The molecule has 2 N–H and O–H groups in total. The van der Waals surface area contributed by atoms with Gasteiger partial charge >= 0.3 is 0 Å². The van der Waals surface area contributed by atoms with Crippen LogP contribution >= 0.6 is 0 Å².